The number of carbonyl (C=O) groups excluding carboxylic acids is 1. The zero-order valence-electron chi connectivity index (χ0n) is 10.5. The van der Waals surface area contributed by atoms with Crippen molar-refractivity contribution >= 4 is 21.9 Å². The van der Waals surface area contributed by atoms with Crippen molar-refractivity contribution in [1.29, 1.82) is 0 Å². The van der Waals surface area contributed by atoms with E-state index in [1.165, 1.54) is 14.2 Å². The first-order valence-electron chi connectivity index (χ1n) is 5.59. The number of alkyl halides is 1. The maximum absolute atomic E-state index is 11.4. The summed E-state index contributed by atoms with van der Waals surface area (Å²) in [5, 5.41) is 0.778. The first-order chi connectivity index (χ1) is 8.71. The van der Waals surface area contributed by atoms with Gasteiger partial charge in [0.05, 0.1) is 13.7 Å². The lowest BCUT2D eigenvalue weighted by atomic mass is 10.1. The van der Waals surface area contributed by atoms with Crippen molar-refractivity contribution in [3.63, 3.8) is 0 Å². The highest BCUT2D eigenvalue weighted by Gasteiger charge is 2.18. The molecule has 0 aliphatic rings. The van der Waals surface area contributed by atoms with Crippen LogP contribution in [0.1, 0.15) is 5.56 Å². The molecule has 1 unspecified atom stereocenters. The van der Waals surface area contributed by atoms with E-state index in [1.807, 2.05) is 24.3 Å². The number of hydrogen-bond acceptors (Lipinski definition) is 4. The van der Waals surface area contributed by atoms with E-state index in [0.29, 0.717) is 13.0 Å². The molecule has 1 aromatic carbocycles. The lowest BCUT2D eigenvalue weighted by molar-refractivity contribution is -0.152. The second kappa shape index (κ2) is 8.11. The number of esters is 1. The summed E-state index contributed by atoms with van der Waals surface area (Å²) in [5.41, 5.74) is 0.972. The molecule has 0 spiro atoms. The van der Waals surface area contributed by atoms with E-state index < -0.39 is 6.10 Å². The van der Waals surface area contributed by atoms with Crippen molar-refractivity contribution < 1.29 is 19.0 Å². The van der Waals surface area contributed by atoms with Gasteiger partial charge in [0.1, 0.15) is 5.75 Å². The van der Waals surface area contributed by atoms with Crippen LogP contribution in [0.15, 0.2) is 24.3 Å². The molecule has 0 aliphatic carbocycles. The SMILES string of the molecule is COC(=O)C(Cc1cccc(OCCBr)c1)OC. The maximum Gasteiger partial charge on any atom is 0.335 e. The zero-order valence-corrected chi connectivity index (χ0v) is 12.1. The Morgan fingerprint density at radius 1 is 1.39 bits per heavy atom. The molecular formula is C13H17BrO4. The molecule has 1 aromatic rings. The molecule has 0 saturated heterocycles. The van der Waals surface area contributed by atoms with Gasteiger partial charge in [0.2, 0.25) is 0 Å². The van der Waals surface area contributed by atoms with Gasteiger partial charge in [0.25, 0.3) is 0 Å². The second-order valence-electron chi connectivity index (χ2n) is 3.64. The van der Waals surface area contributed by atoms with Gasteiger partial charge in [-0.3, -0.25) is 0 Å². The third-order valence-electron chi connectivity index (χ3n) is 2.41. The summed E-state index contributed by atoms with van der Waals surface area (Å²) in [7, 11) is 2.84. The summed E-state index contributed by atoms with van der Waals surface area (Å²) in [6, 6.07) is 7.60. The van der Waals surface area contributed by atoms with Crippen LogP contribution in [0, 0.1) is 0 Å². The smallest absolute Gasteiger partial charge is 0.335 e. The largest absolute Gasteiger partial charge is 0.493 e. The van der Waals surface area contributed by atoms with E-state index in [1.54, 1.807) is 0 Å². The van der Waals surface area contributed by atoms with E-state index >= 15 is 0 Å². The third-order valence-corrected chi connectivity index (χ3v) is 2.74. The van der Waals surface area contributed by atoms with Gasteiger partial charge in [0, 0.05) is 18.9 Å². The standard InChI is InChI=1S/C13H17BrO4/c1-16-12(13(15)17-2)9-10-4-3-5-11(8-10)18-7-6-14/h3-5,8,12H,6-7,9H2,1-2H3. The first kappa shape index (κ1) is 15.0. The molecular weight excluding hydrogens is 300 g/mol. The van der Waals surface area contributed by atoms with Crippen molar-refractivity contribution in [2.75, 3.05) is 26.2 Å². The molecule has 100 valence electrons. The van der Waals surface area contributed by atoms with E-state index in [-0.39, 0.29) is 5.97 Å². The van der Waals surface area contributed by atoms with E-state index in [4.69, 9.17) is 9.47 Å². The predicted octanol–water partition coefficient (Wildman–Crippen LogP) is 2.19. The van der Waals surface area contributed by atoms with Crippen LogP contribution in [-0.2, 0) is 20.7 Å². The highest BCUT2D eigenvalue weighted by molar-refractivity contribution is 9.09. The fourth-order valence-corrected chi connectivity index (χ4v) is 1.69. The summed E-state index contributed by atoms with van der Waals surface area (Å²) in [4.78, 5) is 11.4. The average Bonchev–Trinajstić information content (AvgIpc) is 2.42. The van der Waals surface area contributed by atoms with Crippen LogP contribution in [0.2, 0.25) is 0 Å². The lowest BCUT2D eigenvalue weighted by Gasteiger charge is -2.13. The molecule has 0 N–H and O–H groups in total. The summed E-state index contributed by atoms with van der Waals surface area (Å²) >= 11 is 3.30. The van der Waals surface area contributed by atoms with E-state index in [0.717, 1.165) is 16.6 Å². The second-order valence-corrected chi connectivity index (χ2v) is 4.43. The zero-order chi connectivity index (χ0) is 13.4. The minimum atomic E-state index is -0.582. The Morgan fingerprint density at radius 3 is 2.78 bits per heavy atom. The Morgan fingerprint density at radius 2 is 2.17 bits per heavy atom. The van der Waals surface area contributed by atoms with Gasteiger partial charge in [-0.05, 0) is 17.7 Å². The molecule has 18 heavy (non-hydrogen) atoms. The van der Waals surface area contributed by atoms with Crippen molar-refractivity contribution in [2.24, 2.45) is 0 Å². The number of ether oxygens (including phenoxy) is 3. The first-order valence-corrected chi connectivity index (χ1v) is 6.71. The van der Waals surface area contributed by atoms with Gasteiger partial charge in [-0.15, -0.1) is 0 Å². The normalized spacial score (nSPS) is 11.9. The van der Waals surface area contributed by atoms with Crippen LogP contribution in [0.5, 0.6) is 5.75 Å². The van der Waals surface area contributed by atoms with Crippen molar-refractivity contribution in [2.45, 2.75) is 12.5 Å². The number of benzene rings is 1. The molecule has 0 fully saturated rings. The van der Waals surface area contributed by atoms with Gasteiger partial charge in [0.15, 0.2) is 6.10 Å². The van der Waals surface area contributed by atoms with Crippen molar-refractivity contribution in [3.8, 4) is 5.75 Å². The van der Waals surface area contributed by atoms with Gasteiger partial charge in [-0.25, -0.2) is 4.79 Å². The van der Waals surface area contributed by atoms with Crippen LogP contribution >= 0.6 is 15.9 Å². The molecule has 0 radical (unpaired) electrons. The van der Waals surface area contributed by atoms with Gasteiger partial charge >= 0.3 is 5.97 Å². The van der Waals surface area contributed by atoms with E-state index in [2.05, 4.69) is 20.7 Å². The Kier molecular flexibility index (Phi) is 6.75. The quantitative estimate of drug-likeness (QED) is 0.571. The van der Waals surface area contributed by atoms with Crippen LogP contribution in [0.25, 0.3) is 0 Å². The minimum Gasteiger partial charge on any atom is -0.493 e. The molecule has 0 bridgehead atoms. The fourth-order valence-electron chi connectivity index (χ4n) is 1.53. The van der Waals surface area contributed by atoms with Crippen molar-refractivity contribution in [3.05, 3.63) is 29.8 Å². The van der Waals surface area contributed by atoms with Crippen LogP contribution in [0.3, 0.4) is 0 Å². The minimum absolute atomic E-state index is 0.371. The summed E-state index contributed by atoms with van der Waals surface area (Å²) < 4.78 is 15.3. The van der Waals surface area contributed by atoms with E-state index in [9.17, 15) is 4.79 Å². The van der Waals surface area contributed by atoms with Gasteiger partial charge < -0.3 is 14.2 Å². The Hall–Kier alpha value is -1.07. The summed E-state index contributed by atoms with van der Waals surface area (Å²) in [5.74, 6) is 0.413. The molecule has 0 aromatic heterocycles. The molecule has 4 nitrogen and oxygen atoms in total. The highest BCUT2D eigenvalue weighted by atomic mass is 79.9. The number of methoxy groups -OCH3 is 2. The van der Waals surface area contributed by atoms with Crippen molar-refractivity contribution in [1.82, 2.24) is 0 Å². The lowest BCUT2D eigenvalue weighted by Crippen LogP contribution is -2.26. The van der Waals surface area contributed by atoms with Gasteiger partial charge in [-0.2, -0.15) is 0 Å². The monoisotopic (exact) mass is 316 g/mol. The highest BCUT2D eigenvalue weighted by Crippen LogP contribution is 2.16. The van der Waals surface area contributed by atoms with Crippen LogP contribution in [0.4, 0.5) is 0 Å². The maximum atomic E-state index is 11.4. The van der Waals surface area contributed by atoms with Crippen LogP contribution in [-0.4, -0.2) is 38.2 Å². The van der Waals surface area contributed by atoms with Gasteiger partial charge in [-0.1, -0.05) is 28.1 Å². The predicted molar refractivity (Wildman–Crippen MR) is 72.2 cm³/mol. The number of hydrogen-bond donors (Lipinski definition) is 0. The van der Waals surface area contributed by atoms with Crippen LogP contribution < -0.4 is 4.74 Å². The summed E-state index contributed by atoms with van der Waals surface area (Å²) in [6.07, 6.45) is -0.115. The number of rotatable bonds is 7. The molecule has 1 rings (SSSR count). The molecule has 0 saturated carbocycles. The fraction of sp³-hybridized carbons (Fsp3) is 0.462. The Bertz CT molecular complexity index is 381. The molecule has 0 aliphatic heterocycles. The third kappa shape index (κ3) is 4.66. The molecule has 5 heteroatoms. The molecule has 0 heterocycles. The number of carbonyl (C=O) groups is 1. The average molecular weight is 317 g/mol. The Balaban J connectivity index is 2.68. The summed E-state index contributed by atoms with van der Waals surface area (Å²) in [6.45, 7) is 0.605. The Labute approximate surface area is 115 Å². The molecule has 1 atom stereocenters. The number of halogens is 1. The topological polar surface area (TPSA) is 44.8 Å². The molecule has 0 amide bonds.